The Morgan fingerprint density at radius 1 is 1.44 bits per heavy atom. The molecule has 1 fully saturated rings. The van der Waals surface area contributed by atoms with Gasteiger partial charge in [-0.05, 0) is 30.0 Å². The molecule has 0 radical (unpaired) electrons. The van der Waals surface area contributed by atoms with Crippen LogP contribution in [0.15, 0.2) is 24.3 Å². The fourth-order valence-electron chi connectivity index (χ4n) is 2.29. The maximum Gasteiger partial charge on any atom is 0.228 e. The molecular weight excluding hydrogens is 222 g/mol. The van der Waals surface area contributed by atoms with Gasteiger partial charge in [-0.2, -0.15) is 0 Å². The van der Waals surface area contributed by atoms with Gasteiger partial charge in [0.2, 0.25) is 5.91 Å². The Bertz CT molecular complexity index is 469. The molecule has 1 aliphatic rings. The van der Waals surface area contributed by atoms with Crippen molar-refractivity contribution in [1.29, 1.82) is 0 Å². The van der Waals surface area contributed by atoms with Crippen LogP contribution in [0.25, 0.3) is 0 Å². The highest BCUT2D eigenvalue weighted by Crippen LogP contribution is 2.27. The summed E-state index contributed by atoms with van der Waals surface area (Å²) in [7, 11) is 0. The van der Waals surface area contributed by atoms with Crippen molar-refractivity contribution in [1.82, 2.24) is 0 Å². The summed E-state index contributed by atoms with van der Waals surface area (Å²) in [5.74, 6) is 3.43. The van der Waals surface area contributed by atoms with E-state index in [2.05, 4.69) is 31.9 Å². The van der Waals surface area contributed by atoms with Crippen LogP contribution in [0.3, 0.4) is 0 Å². The van der Waals surface area contributed by atoms with E-state index in [1.54, 1.807) is 4.90 Å². The van der Waals surface area contributed by atoms with Gasteiger partial charge in [-0.15, -0.1) is 12.3 Å². The first-order valence-electron chi connectivity index (χ1n) is 6.52. The van der Waals surface area contributed by atoms with Gasteiger partial charge in [-0.25, -0.2) is 0 Å². The van der Waals surface area contributed by atoms with E-state index < -0.39 is 0 Å². The Morgan fingerprint density at radius 2 is 2.11 bits per heavy atom. The van der Waals surface area contributed by atoms with Crippen molar-refractivity contribution in [2.24, 2.45) is 5.92 Å². The van der Waals surface area contributed by atoms with Crippen molar-refractivity contribution in [3.8, 4) is 12.3 Å². The third-order valence-corrected chi connectivity index (χ3v) is 3.75. The second kappa shape index (κ2) is 5.27. The largest absolute Gasteiger partial charge is 0.311 e. The molecule has 2 nitrogen and oxygen atoms in total. The SMILES string of the molecule is C#CC1CC(=O)N(c2ccc(C(C)CC)cc2)C1. The molecule has 0 bridgehead atoms. The fourth-order valence-corrected chi connectivity index (χ4v) is 2.29. The van der Waals surface area contributed by atoms with E-state index in [-0.39, 0.29) is 11.8 Å². The minimum absolute atomic E-state index is 0.0618. The summed E-state index contributed by atoms with van der Waals surface area (Å²) in [5, 5.41) is 0. The van der Waals surface area contributed by atoms with Gasteiger partial charge < -0.3 is 4.90 Å². The van der Waals surface area contributed by atoms with Gasteiger partial charge >= 0.3 is 0 Å². The molecule has 0 spiro atoms. The third kappa shape index (κ3) is 2.41. The number of benzene rings is 1. The smallest absolute Gasteiger partial charge is 0.228 e. The lowest BCUT2D eigenvalue weighted by molar-refractivity contribution is -0.117. The molecule has 0 saturated carbocycles. The van der Waals surface area contributed by atoms with Gasteiger partial charge in [0.15, 0.2) is 0 Å². The van der Waals surface area contributed by atoms with E-state index in [4.69, 9.17) is 6.42 Å². The predicted molar refractivity (Wildman–Crippen MR) is 74.4 cm³/mol. The second-order valence-corrected chi connectivity index (χ2v) is 4.97. The van der Waals surface area contributed by atoms with Crippen molar-refractivity contribution in [2.45, 2.75) is 32.6 Å². The normalized spacial score (nSPS) is 20.8. The lowest BCUT2D eigenvalue weighted by Crippen LogP contribution is -2.24. The van der Waals surface area contributed by atoms with Gasteiger partial charge in [0.25, 0.3) is 0 Å². The number of hydrogen-bond acceptors (Lipinski definition) is 1. The average molecular weight is 241 g/mol. The molecule has 2 unspecified atom stereocenters. The number of carbonyl (C=O) groups is 1. The number of rotatable bonds is 3. The van der Waals surface area contributed by atoms with Crippen molar-refractivity contribution >= 4 is 11.6 Å². The molecule has 0 aromatic heterocycles. The summed E-state index contributed by atoms with van der Waals surface area (Å²) in [5.41, 5.74) is 2.28. The van der Waals surface area contributed by atoms with Crippen LogP contribution in [-0.4, -0.2) is 12.5 Å². The summed E-state index contributed by atoms with van der Waals surface area (Å²) in [4.78, 5) is 13.6. The summed E-state index contributed by atoms with van der Waals surface area (Å²) in [6.45, 7) is 5.04. The lowest BCUT2D eigenvalue weighted by Gasteiger charge is -2.17. The Morgan fingerprint density at radius 3 is 2.61 bits per heavy atom. The van der Waals surface area contributed by atoms with E-state index in [9.17, 15) is 4.79 Å². The van der Waals surface area contributed by atoms with E-state index in [0.29, 0.717) is 18.9 Å². The van der Waals surface area contributed by atoms with Crippen LogP contribution in [0.5, 0.6) is 0 Å². The standard InChI is InChI=1S/C16H19NO/c1-4-12(3)14-6-8-15(9-7-14)17-11-13(5-2)10-16(17)18/h2,6-9,12-13H,4,10-11H2,1,3H3. The highest BCUT2D eigenvalue weighted by atomic mass is 16.2. The molecule has 18 heavy (non-hydrogen) atoms. The maximum atomic E-state index is 11.8. The second-order valence-electron chi connectivity index (χ2n) is 4.97. The van der Waals surface area contributed by atoms with Crippen LogP contribution in [-0.2, 0) is 4.79 Å². The summed E-state index contributed by atoms with van der Waals surface area (Å²) in [6, 6.07) is 8.27. The molecule has 0 N–H and O–H groups in total. The summed E-state index contributed by atoms with van der Waals surface area (Å²) >= 11 is 0. The first-order valence-corrected chi connectivity index (χ1v) is 6.52. The summed E-state index contributed by atoms with van der Waals surface area (Å²) < 4.78 is 0. The molecule has 1 aromatic carbocycles. The number of terminal acetylenes is 1. The first kappa shape index (κ1) is 12.7. The quantitative estimate of drug-likeness (QED) is 0.744. The van der Waals surface area contributed by atoms with Crippen molar-refractivity contribution < 1.29 is 4.79 Å². The van der Waals surface area contributed by atoms with Crippen LogP contribution in [0, 0.1) is 18.3 Å². The Hall–Kier alpha value is -1.75. The van der Waals surface area contributed by atoms with Gasteiger partial charge in [0.1, 0.15) is 0 Å². The molecule has 1 amide bonds. The first-order chi connectivity index (χ1) is 8.65. The molecule has 1 aromatic rings. The monoisotopic (exact) mass is 241 g/mol. The summed E-state index contributed by atoms with van der Waals surface area (Å²) in [6.07, 6.45) is 6.99. The van der Waals surface area contributed by atoms with Gasteiger partial charge in [-0.1, -0.05) is 26.0 Å². The lowest BCUT2D eigenvalue weighted by atomic mass is 9.98. The zero-order chi connectivity index (χ0) is 13.1. The highest BCUT2D eigenvalue weighted by Gasteiger charge is 2.29. The average Bonchev–Trinajstić information content (AvgIpc) is 2.79. The molecule has 2 atom stereocenters. The molecule has 1 heterocycles. The molecular formula is C16H19NO. The van der Waals surface area contributed by atoms with Crippen LogP contribution in [0.4, 0.5) is 5.69 Å². The number of nitrogens with zero attached hydrogens (tertiary/aromatic N) is 1. The highest BCUT2D eigenvalue weighted by molar-refractivity contribution is 5.96. The Labute approximate surface area is 109 Å². The van der Waals surface area contributed by atoms with E-state index in [0.717, 1.165) is 12.1 Å². The zero-order valence-corrected chi connectivity index (χ0v) is 11.0. The third-order valence-electron chi connectivity index (χ3n) is 3.75. The Balaban J connectivity index is 2.16. The molecule has 2 rings (SSSR count). The Kier molecular flexibility index (Phi) is 3.72. The predicted octanol–water partition coefficient (Wildman–Crippen LogP) is 3.19. The van der Waals surface area contributed by atoms with Crippen molar-refractivity contribution in [3.05, 3.63) is 29.8 Å². The van der Waals surface area contributed by atoms with E-state index in [1.807, 2.05) is 12.1 Å². The van der Waals surface area contributed by atoms with Gasteiger partial charge in [-0.3, -0.25) is 4.79 Å². The molecule has 2 heteroatoms. The van der Waals surface area contributed by atoms with E-state index >= 15 is 0 Å². The van der Waals surface area contributed by atoms with Crippen LogP contribution >= 0.6 is 0 Å². The minimum Gasteiger partial charge on any atom is -0.311 e. The molecule has 1 aliphatic heterocycles. The van der Waals surface area contributed by atoms with Crippen molar-refractivity contribution in [2.75, 3.05) is 11.4 Å². The number of amides is 1. The molecule has 1 saturated heterocycles. The van der Waals surface area contributed by atoms with Crippen molar-refractivity contribution in [3.63, 3.8) is 0 Å². The van der Waals surface area contributed by atoms with Crippen LogP contribution in [0.1, 0.15) is 38.2 Å². The molecule has 0 aliphatic carbocycles. The number of carbonyl (C=O) groups excluding carboxylic acids is 1. The number of hydrogen-bond donors (Lipinski definition) is 0. The maximum absolute atomic E-state index is 11.8. The van der Waals surface area contributed by atoms with Gasteiger partial charge in [0, 0.05) is 24.6 Å². The topological polar surface area (TPSA) is 20.3 Å². The molecule has 94 valence electrons. The minimum atomic E-state index is 0.0618. The fraction of sp³-hybridized carbons (Fsp3) is 0.438. The van der Waals surface area contributed by atoms with Crippen LogP contribution in [0.2, 0.25) is 0 Å². The van der Waals surface area contributed by atoms with Crippen LogP contribution < -0.4 is 4.90 Å². The van der Waals surface area contributed by atoms with E-state index in [1.165, 1.54) is 5.56 Å². The number of anilines is 1. The zero-order valence-electron chi connectivity index (χ0n) is 11.0. The van der Waals surface area contributed by atoms with Gasteiger partial charge in [0.05, 0.1) is 0 Å².